The summed E-state index contributed by atoms with van der Waals surface area (Å²) in [4.78, 5) is 0. The fraction of sp³-hybridized carbons (Fsp3) is 0.536. The van der Waals surface area contributed by atoms with E-state index in [4.69, 9.17) is 18.6 Å². The highest BCUT2D eigenvalue weighted by molar-refractivity contribution is 5.68. The number of phenols is 2. The number of hydrogen-bond acceptors (Lipinski definition) is 14. The summed E-state index contributed by atoms with van der Waals surface area (Å²) in [5, 5.41) is 113. The van der Waals surface area contributed by atoms with Crippen molar-refractivity contribution in [1.29, 1.82) is 0 Å². The minimum atomic E-state index is -1.78. The number of rotatable bonds is 7. The van der Waals surface area contributed by atoms with Crippen LogP contribution >= 0.6 is 0 Å². The highest BCUT2D eigenvalue weighted by Crippen LogP contribution is 2.42. The lowest BCUT2D eigenvalue weighted by Crippen LogP contribution is -2.64. The summed E-state index contributed by atoms with van der Waals surface area (Å²) in [5.74, 6) is -2.05. The molecule has 5 rings (SSSR count). The largest absolute Gasteiger partial charge is 0.512 e. The van der Waals surface area contributed by atoms with E-state index in [0.717, 1.165) is 6.07 Å². The number of aliphatic hydroxyl groups is 9. The second-order valence-corrected chi connectivity index (χ2v) is 10.9. The van der Waals surface area contributed by atoms with E-state index in [2.05, 4.69) is 0 Å². The highest BCUT2D eigenvalue weighted by atomic mass is 16.7. The molecule has 43 heavy (non-hydrogen) atoms. The third-order valence-electron chi connectivity index (χ3n) is 8.04. The van der Waals surface area contributed by atoms with Crippen molar-refractivity contribution in [3.05, 3.63) is 47.4 Å². The van der Waals surface area contributed by atoms with E-state index in [1.165, 1.54) is 24.3 Å². The summed E-state index contributed by atoms with van der Waals surface area (Å²) in [6.45, 7) is -1.29. The van der Waals surface area contributed by atoms with Gasteiger partial charge < -0.3 is 70.4 Å². The Morgan fingerprint density at radius 3 is 2.26 bits per heavy atom. The minimum absolute atomic E-state index is 0.0731. The molecule has 0 radical (unpaired) electrons. The Labute approximate surface area is 244 Å². The number of phenolic OH excluding ortho intramolecular Hbond substituents is 2. The molecule has 2 aliphatic carbocycles. The summed E-state index contributed by atoms with van der Waals surface area (Å²) >= 11 is 0. The standard InChI is InChI=1S/C28H34O15/c29-8-11-4-18(22(36)24(38)21(11)35)41-27-25(39)23(37)20(9-30)43-28(27)42-19-7-13-15(33)5-12(31)6-17(13)40-26(19)10-1-2-14(32)16(34)3-10/h1-3,5,7,11,15,18,20-25,27-30,33,35-39H,4,6,8-9H2,(H2-,31,32,34)/p+1. The SMILES string of the molecule is OCC1CC(OC2C(Oc3cc4c([o+]c3-c3ccc(O)c(O)c3)CC(O)=CC4O)OC(CO)C(O)C2O)C(O)C(O)C1O. The highest BCUT2D eigenvalue weighted by Gasteiger charge is 2.51. The van der Waals surface area contributed by atoms with Gasteiger partial charge in [-0.05, 0) is 24.6 Å². The number of hydrogen-bond donors (Lipinski definition) is 11. The maximum Gasteiger partial charge on any atom is 0.401 e. The molecule has 0 amide bonds. The van der Waals surface area contributed by atoms with E-state index in [-0.39, 0.29) is 47.0 Å². The molecule has 1 aromatic heterocycles. The zero-order valence-corrected chi connectivity index (χ0v) is 22.6. The van der Waals surface area contributed by atoms with Crippen LogP contribution in [0.2, 0.25) is 0 Å². The van der Waals surface area contributed by atoms with Gasteiger partial charge in [0.1, 0.15) is 54.9 Å². The van der Waals surface area contributed by atoms with E-state index in [9.17, 15) is 56.2 Å². The van der Waals surface area contributed by atoms with Crippen LogP contribution in [0.3, 0.4) is 0 Å². The first-order chi connectivity index (χ1) is 20.4. The Morgan fingerprint density at radius 2 is 1.58 bits per heavy atom. The summed E-state index contributed by atoms with van der Waals surface area (Å²) in [6, 6.07) is 5.08. The molecule has 1 aromatic carbocycles. The quantitative estimate of drug-likeness (QED) is 0.124. The van der Waals surface area contributed by atoms with E-state index in [1.54, 1.807) is 0 Å². The van der Waals surface area contributed by atoms with Crippen LogP contribution in [-0.2, 0) is 15.9 Å². The van der Waals surface area contributed by atoms with Crippen molar-refractivity contribution in [1.82, 2.24) is 0 Å². The fourth-order valence-corrected chi connectivity index (χ4v) is 5.58. The topological polar surface area (TPSA) is 262 Å². The molecule has 1 aliphatic heterocycles. The van der Waals surface area contributed by atoms with Crippen LogP contribution in [-0.4, -0.2) is 125 Å². The van der Waals surface area contributed by atoms with Gasteiger partial charge in [-0.1, -0.05) is 0 Å². The molecule has 11 N–H and O–H groups in total. The smallest absolute Gasteiger partial charge is 0.401 e. The van der Waals surface area contributed by atoms with Gasteiger partial charge in [0.05, 0.1) is 29.9 Å². The van der Waals surface area contributed by atoms with Crippen molar-refractivity contribution >= 4 is 0 Å². The zero-order valence-electron chi connectivity index (χ0n) is 22.6. The lowest BCUT2D eigenvalue weighted by atomic mass is 9.81. The molecule has 1 saturated carbocycles. The molecule has 2 aromatic rings. The number of aliphatic hydroxyl groups excluding tert-OH is 9. The van der Waals surface area contributed by atoms with E-state index >= 15 is 0 Å². The summed E-state index contributed by atoms with van der Waals surface area (Å²) in [7, 11) is 0. The molecule has 3 aliphatic rings. The first kappa shape index (κ1) is 31.3. The number of fused-ring (bicyclic) bond motifs is 1. The van der Waals surface area contributed by atoms with Crippen molar-refractivity contribution in [3.63, 3.8) is 0 Å². The van der Waals surface area contributed by atoms with Gasteiger partial charge in [-0.3, -0.25) is 0 Å². The van der Waals surface area contributed by atoms with Crippen LogP contribution in [0.5, 0.6) is 17.2 Å². The molecule has 11 unspecified atom stereocenters. The first-order valence-electron chi connectivity index (χ1n) is 13.6. The molecule has 15 nitrogen and oxygen atoms in total. The molecular formula is C28H35O15+. The second kappa shape index (κ2) is 12.5. The number of aromatic hydroxyl groups is 2. The van der Waals surface area contributed by atoms with Crippen molar-refractivity contribution in [2.75, 3.05) is 13.2 Å². The summed E-state index contributed by atoms with van der Waals surface area (Å²) in [6.07, 6.45) is -14.5. The molecule has 1 saturated heterocycles. The van der Waals surface area contributed by atoms with Crippen molar-refractivity contribution in [3.8, 4) is 28.6 Å². The molecule has 236 valence electrons. The Bertz CT molecular complexity index is 1330. The third kappa shape index (κ3) is 6.01. The maximum atomic E-state index is 11.0. The Kier molecular flexibility index (Phi) is 9.10. The average Bonchev–Trinajstić information content (AvgIpc) is 2.98. The Morgan fingerprint density at radius 1 is 0.837 bits per heavy atom. The lowest BCUT2D eigenvalue weighted by Gasteiger charge is -2.46. The third-order valence-corrected chi connectivity index (χ3v) is 8.04. The Hall–Kier alpha value is -3.09. The molecule has 0 bridgehead atoms. The summed E-state index contributed by atoms with van der Waals surface area (Å²) < 4.78 is 23.7. The average molecular weight is 612 g/mol. The van der Waals surface area contributed by atoms with Crippen LogP contribution in [0.1, 0.15) is 23.8 Å². The van der Waals surface area contributed by atoms with Crippen LogP contribution < -0.4 is 4.74 Å². The normalized spacial score (nSPS) is 36.1. The summed E-state index contributed by atoms with van der Waals surface area (Å²) in [5.41, 5.74) is 0.368. The lowest BCUT2D eigenvalue weighted by molar-refractivity contribution is -0.308. The van der Waals surface area contributed by atoms with Gasteiger partial charge in [0.15, 0.2) is 11.5 Å². The first-order valence-corrected chi connectivity index (χ1v) is 13.6. The molecule has 15 heteroatoms. The molecule has 2 heterocycles. The Balaban J connectivity index is 1.54. The molecule has 11 atom stereocenters. The van der Waals surface area contributed by atoms with Gasteiger partial charge in [0.25, 0.3) is 0 Å². The van der Waals surface area contributed by atoms with E-state index in [1.807, 2.05) is 0 Å². The number of ether oxygens (including phenoxy) is 3. The minimum Gasteiger partial charge on any atom is -0.512 e. The monoisotopic (exact) mass is 611 g/mol. The number of allylic oxidation sites excluding steroid dienone is 1. The van der Waals surface area contributed by atoms with Gasteiger partial charge in [0.2, 0.25) is 12.0 Å². The van der Waals surface area contributed by atoms with Crippen molar-refractivity contribution in [2.45, 2.75) is 74.1 Å². The fourth-order valence-electron chi connectivity index (χ4n) is 5.58. The van der Waals surface area contributed by atoms with Crippen molar-refractivity contribution < 1.29 is 74.8 Å². The molecule has 2 fully saturated rings. The van der Waals surface area contributed by atoms with Crippen LogP contribution in [0, 0.1) is 5.92 Å². The second-order valence-electron chi connectivity index (χ2n) is 10.9. The maximum absolute atomic E-state index is 11.0. The molecular weight excluding hydrogens is 576 g/mol. The van der Waals surface area contributed by atoms with Crippen LogP contribution in [0.25, 0.3) is 11.3 Å². The van der Waals surface area contributed by atoms with Gasteiger partial charge >= 0.3 is 11.5 Å². The van der Waals surface area contributed by atoms with Crippen LogP contribution in [0.4, 0.5) is 0 Å². The van der Waals surface area contributed by atoms with Gasteiger partial charge in [-0.15, -0.1) is 0 Å². The van der Waals surface area contributed by atoms with Crippen molar-refractivity contribution in [2.24, 2.45) is 5.92 Å². The molecule has 0 spiro atoms. The predicted molar refractivity (Wildman–Crippen MR) is 142 cm³/mol. The van der Waals surface area contributed by atoms with Gasteiger partial charge in [-0.25, -0.2) is 4.42 Å². The van der Waals surface area contributed by atoms with Gasteiger partial charge in [-0.2, -0.15) is 0 Å². The van der Waals surface area contributed by atoms with Crippen LogP contribution in [0.15, 0.2) is 40.5 Å². The number of benzene rings is 1. The van der Waals surface area contributed by atoms with E-state index < -0.39 is 91.9 Å². The predicted octanol–water partition coefficient (Wildman–Crippen LogP) is -1.66. The van der Waals surface area contributed by atoms with Gasteiger partial charge in [0, 0.05) is 24.7 Å². The zero-order chi connectivity index (χ0) is 31.2. The van der Waals surface area contributed by atoms with E-state index in [0.29, 0.717) is 0 Å².